The van der Waals surface area contributed by atoms with Crippen LogP contribution in [-0.2, 0) is 5.54 Å². The average molecular weight is 265 g/mol. The molecule has 1 spiro atoms. The third-order valence-corrected chi connectivity index (χ3v) is 4.76. The molecule has 2 heterocycles. The molecule has 1 aromatic carbocycles. The average Bonchev–Trinajstić information content (AvgIpc) is 3.37. The fourth-order valence-electron chi connectivity index (χ4n) is 3.24. The van der Waals surface area contributed by atoms with Gasteiger partial charge in [0, 0.05) is 23.4 Å². The molecule has 4 heteroatoms. The fourth-order valence-corrected chi connectivity index (χ4v) is 3.24. The topological polar surface area (TPSA) is 46.9 Å². The molecule has 0 radical (unpaired) electrons. The van der Waals surface area contributed by atoms with E-state index in [1.165, 1.54) is 24.1 Å². The zero-order valence-corrected chi connectivity index (χ0v) is 11.1. The van der Waals surface area contributed by atoms with Crippen LogP contribution in [0.5, 0.6) is 0 Å². The maximum Gasteiger partial charge on any atom is 0.252 e. The van der Waals surface area contributed by atoms with Gasteiger partial charge in [-0.3, -0.25) is 4.79 Å². The highest BCUT2D eigenvalue weighted by Gasteiger charge is 2.52. The van der Waals surface area contributed by atoms with E-state index in [1.54, 1.807) is 0 Å². The second-order valence-electron chi connectivity index (χ2n) is 6.25. The van der Waals surface area contributed by atoms with Gasteiger partial charge in [0.2, 0.25) is 0 Å². The van der Waals surface area contributed by atoms with Crippen LogP contribution in [0.1, 0.15) is 53.2 Å². The quantitative estimate of drug-likeness (QED) is 0.906. The van der Waals surface area contributed by atoms with E-state index < -0.39 is 0 Å². The zero-order valence-electron chi connectivity index (χ0n) is 11.1. The van der Waals surface area contributed by atoms with Crippen molar-refractivity contribution in [3.63, 3.8) is 0 Å². The van der Waals surface area contributed by atoms with Crippen LogP contribution in [0.3, 0.4) is 0 Å². The van der Waals surface area contributed by atoms with Gasteiger partial charge in [-0.1, -0.05) is 6.07 Å². The summed E-state index contributed by atoms with van der Waals surface area (Å²) in [4.78, 5) is 16.6. The van der Waals surface area contributed by atoms with Crippen LogP contribution in [0, 0.1) is 0 Å². The molecule has 2 fully saturated rings. The number of rotatable bonds is 2. The van der Waals surface area contributed by atoms with Crippen molar-refractivity contribution in [1.82, 2.24) is 14.9 Å². The van der Waals surface area contributed by atoms with E-state index in [0.717, 1.165) is 24.1 Å². The molecule has 0 atom stereocenters. The Hall–Kier alpha value is -2.10. The largest absolute Gasteiger partial charge is 0.342 e. The first-order valence-electron chi connectivity index (χ1n) is 7.26. The standard InChI is InChI=1S/C16H15N3O/c20-15-12-7-11(3-4-13(12)16(18-15)5-6-16)19-8-14(17-9-19)10-1-2-10/h3-4,7-10H,1-2,5-6H2,(H,18,20). The highest BCUT2D eigenvalue weighted by Crippen LogP contribution is 2.50. The van der Waals surface area contributed by atoms with E-state index in [0.29, 0.717) is 5.92 Å². The fraction of sp³-hybridized carbons (Fsp3) is 0.375. The highest BCUT2D eigenvalue weighted by atomic mass is 16.2. The van der Waals surface area contributed by atoms with Crippen LogP contribution in [0.4, 0.5) is 0 Å². The minimum Gasteiger partial charge on any atom is -0.342 e. The Bertz CT molecular complexity index is 738. The molecular weight excluding hydrogens is 250 g/mol. The first-order chi connectivity index (χ1) is 9.75. The van der Waals surface area contributed by atoms with Crippen molar-refractivity contribution in [1.29, 1.82) is 0 Å². The third kappa shape index (κ3) is 1.36. The molecule has 4 nitrogen and oxygen atoms in total. The molecular formula is C16H15N3O. The summed E-state index contributed by atoms with van der Waals surface area (Å²) in [6, 6.07) is 6.19. The predicted molar refractivity (Wildman–Crippen MR) is 73.9 cm³/mol. The molecule has 1 amide bonds. The number of carbonyl (C=O) groups excluding carboxylic acids is 1. The van der Waals surface area contributed by atoms with Crippen molar-refractivity contribution in [3.05, 3.63) is 47.5 Å². The maximum absolute atomic E-state index is 12.1. The number of fused-ring (bicyclic) bond motifs is 2. The van der Waals surface area contributed by atoms with Crippen molar-refractivity contribution in [2.45, 2.75) is 37.1 Å². The Morgan fingerprint density at radius 3 is 2.90 bits per heavy atom. The van der Waals surface area contributed by atoms with E-state index in [4.69, 9.17) is 0 Å². The Morgan fingerprint density at radius 1 is 1.30 bits per heavy atom. The van der Waals surface area contributed by atoms with Gasteiger partial charge in [0.1, 0.15) is 0 Å². The lowest BCUT2D eigenvalue weighted by atomic mass is 10.0. The Balaban J connectivity index is 1.58. The number of nitrogens with one attached hydrogen (secondary N) is 1. The Morgan fingerprint density at radius 2 is 2.15 bits per heavy atom. The molecule has 0 bridgehead atoms. The number of nitrogens with zero attached hydrogens (tertiary/aromatic N) is 2. The Kier molecular flexibility index (Phi) is 1.77. The summed E-state index contributed by atoms with van der Waals surface area (Å²) in [5.41, 5.74) is 4.18. The number of amides is 1. The van der Waals surface area contributed by atoms with Gasteiger partial charge in [0.25, 0.3) is 5.91 Å². The minimum absolute atomic E-state index is 0.0287. The first-order valence-corrected chi connectivity index (χ1v) is 7.26. The minimum atomic E-state index is -0.0287. The SMILES string of the molecule is O=C1NC2(CC2)c2ccc(-n3cnc(C4CC4)c3)cc21. The van der Waals surface area contributed by atoms with Gasteiger partial charge in [0.05, 0.1) is 17.6 Å². The number of hydrogen-bond donors (Lipinski definition) is 1. The molecule has 1 N–H and O–H groups in total. The molecule has 3 aliphatic rings. The lowest BCUT2D eigenvalue weighted by molar-refractivity contribution is 0.0952. The van der Waals surface area contributed by atoms with E-state index in [2.05, 4.69) is 28.6 Å². The van der Waals surface area contributed by atoms with Crippen LogP contribution in [-0.4, -0.2) is 15.5 Å². The van der Waals surface area contributed by atoms with Crippen molar-refractivity contribution < 1.29 is 4.79 Å². The lowest BCUT2D eigenvalue weighted by Crippen LogP contribution is -2.25. The van der Waals surface area contributed by atoms with Crippen LogP contribution in [0.2, 0.25) is 0 Å². The van der Waals surface area contributed by atoms with E-state index in [-0.39, 0.29) is 11.4 Å². The molecule has 5 rings (SSSR count). The summed E-state index contributed by atoms with van der Waals surface area (Å²) in [6.07, 6.45) is 8.61. The van der Waals surface area contributed by atoms with Gasteiger partial charge in [0.15, 0.2) is 0 Å². The number of hydrogen-bond acceptors (Lipinski definition) is 2. The normalized spacial score (nSPS) is 21.9. The number of aromatic nitrogens is 2. The lowest BCUT2D eigenvalue weighted by Gasteiger charge is -2.08. The second kappa shape index (κ2) is 3.32. The Labute approximate surface area is 116 Å². The van der Waals surface area contributed by atoms with Gasteiger partial charge >= 0.3 is 0 Å². The van der Waals surface area contributed by atoms with Crippen molar-refractivity contribution in [2.75, 3.05) is 0 Å². The second-order valence-corrected chi connectivity index (χ2v) is 6.25. The monoisotopic (exact) mass is 265 g/mol. The van der Waals surface area contributed by atoms with Crippen molar-refractivity contribution >= 4 is 5.91 Å². The molecule has 0 saturated heterocycles. The summed E-state index contributed by atoms with van der Waals surface area (Å²) in [7, 11) is 0. The summed E-state index contributed by atoms with van der Waals surface area (Å²) >= 11 is 0. The van der Waals surface area contributed by atoms with Gasteiger partial charge < -0.3 is 9.88 Å². The molecule has 0 unspecified atom stereocenters. The molecule has 100 valence electrons. The predicted octanol–water partition coefficient (Wildman–Crippen LogP) is 2.48. The van der Waals surface area contributed by atoms with Crippen molar-refractivity contribution in [3.8, 4) is 5.69 Å². The van der Waals surface area contributed by atoms with Gasteiger partial charge in [-0.2, -0.15) is 0 Å². The molecule has 1 aliphatic heterocycles. The smallest absolute Gasteiger partial charge is 0.252 e. The molecule has 1 aromatic heterocycles. The first kappa shape index (κ1) is 10.7. The van der Waals surface area contributed by atoms with Gasteiger partial charge in [-0.05, 0) is 43.4 Å². The summed E-state index contributed by atoms with van der Waals surface area (Å²) < 4.78 is 2.03. The third-order valence-electron chi connectivity index (χ3n) is 4.76. The molecule has 2 aromatic rings. The van der Waals surface area contributed by atoms with Crippen LogP contribution < -0.4 is 5.32 Å². The number of imidazole rings is 1. The molecule has 2 saturated carbocycles. The van der Waals surface area contributed by atoms with E-state index in [1.807, 2.05) is 17.0 Å². The maximum atomic E-state index is 12.1. The van der Waals surface area contributed by atoms with E-state index in [9.17, 15) is 4.79 Å². The molecule has 2 aliphatic carbocycles. The van der Waals surface area contributed by atoms with Crippen LogP contribution in [0.25, 0.3) is 5.69 Å². The summed E-state index contributed by atoms with van der Waals surface area (Å²) in [5.74, 6) is 0.727. The van der Waals surface area contributed by atoms with Crippen molar-refractivity contribution in [2.24, 2.45) is 0 Å². The van der Waals surface area contributed by atoms with Gasteiger partial charge in [-0.15, -0.1) is 0 Å². The summed E-state index contributed by atoms with van der Waals surface area (Å²) in [6.45, 7) is 0. The number of carbonyl (C=O) groups is 1. The summed E-state index contributed by atoms with van der Waals surface area (Å²) in [5, 5.41) is 3.12. The highest BCUT2D eigenvalue weighted by molar-refractivity contribution is 6.01. The van der Waals surface area contributed by atoms with E-state index >= 15 is 0 Å². The van der Waals surface area contributed by atoms with Gasteiger partial charge in [-0.25, -0.2) is 4.98 Å². The zero-order chi connectivity index (χ0) is 13.3. The molecule has 20 heavy (non-hydrogen) atoms. The van der Waals surface area contributed by atoms with Crippen LogP contribution >= 0.6 is 0 Å². The van der Waals surface area contributed by atoms with Crippen LogP contribution in [0.15, 0.2) is 30.7 Å². The number of benzene rings is 1.